The molecule has 2 spiro atoms. The van der Waals surface area contributed by atoms with E-state index in [0.717, 1.165) is 49.8 Å². The first-order valence-corrected chi connectivity index (χ1v) is 21.3. The fourth-order valence-electron chi connectivity index (χ4n) is 11.4. The Bertz CT molecular complexity index is 3550. The van der Waals surface area contributed by atoms with Crippen LogP contribution in [0.1, 0.15) is 44.5 Å². The van der Waals surface area contributed by atoms with Gasteiger partial charge in [-0.25, -0.2) is 15.0 Å². The summed E-state index contributed by atoms with van der Waals surface area (Å²) >= 11 is 0. The number of aromatic nitrogens is 5. The van der Waals surface area contributed by atoms with Gasteiger partial charge in [0.15, 0.2) is 17.5 Å². The van der Waals surface area contributed by atoms with Crippen LogP contribution in [-0.4, -0.2) is 24.9 Å². The van der Waals surface area contributed by atoms with E-state index in [4.69, 9.17) is 19.4 Å². The maximum atomic E-state index is 6.74. The van der Waals surface area contributed by atoms with E-state index < -0.39 is 10.8 Å². The fourth-order valence-corrected chi connectivity index (χ4v) is 11.4. The Hall–Kier alpha value is -8.35. The second kappa shape index (κ2) is 12.6. The topological polar surface area (TPSA) is 77.6 Å². The van der Waals surface area contributed by atoms with E-state index in [-0.39, 0.29) is 0 Å². The molecular weight excluding hydrogens is 771 g/mol. The van der Waals surface area contributed by atoms with Crippen LogP contribution < -0.4 is 0 Å². The van der Waals surface area contributed by atoms with Gasteiger partial charge in [0.2, 0.25) is 0 Å². The smallest absolute Gasteiger partial charge is 0.164 e. The van der Waals surface area contributed by atoms with Gasteiger partial charge in [0.25, 0.3) is 0 Å². The summed E-state index contributed by atoms with van der Waals surface area (Å²) in [7, 11) is 0. The molecule has 292 valence electrons. The van der Waals surface area contributed by atoms with E-state index in [0.29, 0.717) is 17.5 Å². The van der Waals surface area contributed by atoms with Gasteiger partial charge in [-0.2, -0.15) is 0 Å². The standard InChI is InChI=1S/C57H33N5O/c1-4-14-43-37(11-1)38-12-2-5-15-44(38)56(43)46-16-6-8-18-48(46)57(49-19-9-7-17-47(49)56)45-22-21-36(31-40(45)41-32-42-39-13-3-10-20-51(39)63-52(42)33-50(41)57)55-61-53(34-23-27-58-28-24-34)60-54(62-55)35-25-29-59-30-26-35/h1-33H. The largest absolute Gasteiger partial charge is 0.456 e. The van der Waals surface area contributed by atoms with Crippen LogP contribution in [0.4, 0.5) is 0 Å². The molecule has 0 aliphatic heterocycles. The SMILES string of the molecule is c1ccc2c(c1)-c1ccccc1C21c2ccccc2C2(c3ccc(-c4nc(-c5ccncc5)nc(-c5ccncc5)n4)cc3-c3cc4c(cc32)oc2ccccc24)c2ccccc21. The first-order chi connectivity index (χ1) is 31.2. The summed E-state index contributed by atoms with van der Waals surface area (Å²) in [5.41, 5.74) is 18.1. The van der Waals surface area contributed by atoms with Crippen molar-refractivity contribution in [3.8, 4) is 56.4 Å². The Morgan fingerprint density at radius 3 is 1.32 bits per heavy atom. The molecule has 4 aromatic heterocycles. The second-order valence-electron chi connectivity index (χ2n) is 16.7. The van der Waals surface area contributed by atoms with Gasteiger partial charge in [-0.15, -0.1) is 0 Å². The summed E-state index contributed by atoms with van der Waals surface area (Å²) in [6, 6.07) is 64.0. The monoisotopic (exact) mass is 803 g/mol. The van der Waals surface area contributed by atoms with Crippen LogP contribution in [0.5, 0.6) is 0 Å². The lowest BCUT2D eigenvalue weighted by atomic mass is 9.52. The molecular formula is C57H33N5O. The number of hydrogen-bond acceptors (Lipinski definition) is 6. The highest BCUT2D eigenvalue weighted by Crippen LogP contribution is 2.67. The van der Waals surface area contributed by atoms with Crippen molar-refractivity contribution in [2.75, 3.05) is 0 Å². The summed E-state index contributed by atoms with van der Waals surface area (Å²) in [5.74, 6) is 1.75. The minimum Gasteiger partial charge on any atom is -0.456 e. The van der Waals surface area contributed by atoms with Gasteiger partial charge < -0.3 is 4.42 Å². The first-order valence-electron chi connectivity index (χ1n) is 21.3. The summed E-state index contributed by atoms with van der Waals surface area (Å²) in [6.07, 6.45) is 7.07. The van der Waals surface area contributed by atoms with Gasteiger partial charge in [-0.1, -0.05) is 127 Å². The van der Waals surface area contributed by atoms with Gasteiger partial charge >= 0.3 is 0 Å². The van der Waals surface area contributed by atoms with Gasteiger partial charge in [0, 0.05) is 52.3 Å². The third kappa shape index (κ3) is 4.43. The molecule has 6 heteroatoms. The molecule has 0 amide bonds. The van der Waals surface area contributed by atoms with E-state index in [1.54, 1.807) is 24.8 Å². The molecule has 11 aromatic rings. The van der Waals surface area contributed by atoms with Crippen molar-refractivity contribution in [1.29, 1.82) is 0 Å². The molecule has 63 heavy (non-hydrogen) atoms. The molecule has 3 aliphatic rings. The Kier molecular flexibility index (Phi) is 6.87. The quantitative estimate of drug-likeness (QED) is 0.177. The molecule has 14 rings (SSSR count). The summed E-state index contributed by atoms with van der Waals surface area (Å²) < 4.78 is 6.74. The number of nitrogens with zero attached hydrogens (tertiary/aromatic N) is 5. The maximum absolute atomic E-state index is 6.74. The molecule has 0 N–H and O–H groups in total. The van der Waals surface area contributed by atoms with Gasteiger partial charge in [-0.3, -0.25) is 9.97 Å². The van der Waals surface area contributed by atoms with Crippen LogP contribution in [0.25, 0.3) is 78.4 Å². The van der Waals surface area contributed by atoms with Crippen LogP contribution in [0.3, 0.4) is 0 Å². The summed E-state index contributed by atoms with van der Waals surface area (Å²) in [6.45, 7) is 0. The lowest BCUT2D eigenvalue weighted by Gasteiger charge is -2.48. The third-order valence-electron chi connectivity index (χ3n) is 13.8. The number of para-hydroxylation sites is 1. The Morgan fingerprint density at radius 2 is 0.746 bits per heavy atom. The first kappa shape index (κ1) is 34.4. The molecule has 0 fully saturated rings. The maximum Gasteiger partial charge on any atom is 0.164 e. The van der Waals surface area contributed by atoms with Crippen LogP contribution in [0, 0.1) is 0 Å². The molecule has 3 aliphatic carbocycles. The Labute approximate surface area is 362 Å². The van der Waals surface area contributed by atoms with Crippen molar-refractivity contribution in [2.24, 2.45) is 0 Å². The van der Waals surface area contributed by atoms with Crippen LogP contribution >= 0.6 is 0 Å². The van der Waals surface area contributed by atoms with Gasteiger partial charge in [-0.05, 0) is 115 Å². The van der Waals surface area contributed by atoms with Crippen molar-refractivity contribution in [2.45, 2.75) is 10.8 Å². The highest BCUT2D eigenvalue weighted by molar-refractivity contribution is 6.09. The lowest BCUT2D eigenvalue weighted by Crippen LogP contribution is -2.43. The fraction of sp³-hybridized carbons (Fsp3) is 0.0351. The molecule has 0 unspecified atom stereocenters. The van der Waals surface area contributed by atoms with Crippen LogP contribution in [0.15, 0.2) is 205 Å². The van der Waals surface area contributed by atoms with Crippen LogP contribution in [0.2, 0.25) is 0 Å². The Balaban J connectivity index is 1.09. The summed E-state index contributed by atoms with van der Waals surface area (Å²) in [5, 5.41) is 2.18. The number of rotatable bonds is 3. The highest BCUT2D eigenvalue weighted by atomic mass is 16.3. The molecule has 0 saturated heterocycles. The molecule has 0 saturated carbocycles. The van der Waals surface area contributed by atoms with Crippen molar-refractivity contribution >= 4 is 21.9 Å². The average Bonchev–Trinajstić information content (AvgIpc) is 3.97. The van der Waals surface area contributed by atoms with E-state index in [1.165, 1.54) is 55.6 Å². The zero-order valence-corrected chi connectivity index (χ0v) is 33.7. The van der Waals surface area contributed by atoms with E-state index in [2.05, 4.69) is 156 Å². The molecule has 6 nitrogen and oxygen atoms in total. The van der Waals surface area contributed by atoms with Crippen molar-refractivity contribution in [3.05, 3.63) is 245 Å². The summed E-state index contributed by atoms with van der Waals surface area (Å²) in [4.78, 5) is 23.8. The number of fused-ring (bicyclic) bond motifs is 19. The second-order valence-corrected chi connectivity index (χ2v) is 16.7. The number of hydrogen-bond donors (Lipinski definition) is 0. The van der Waals surface area contributed by atoms with Crippen molar-refractivity contribution in [3.63, 3.8) is 0 Å². The molecule has 0 bridgehead atoms. The number of furan rings is 1. The van der Waals surface area contributed by atoms with Crippen molar-refractivity contribution in [1.82, 2.24) is 24.9 Å². The van der Waals surface area contributed by atoms with Gasteiger partial charge in [0.05, 0.1) is 10.8 Å². The highest BCUT2D eigenvalue weighted by Gasteiger charge is 2.59. The third-order valence-corrected chi connectivity index (χ3v) is 13.8. The van der Waals surface area contributed by atoms with E-state index in [9.17, 15) is 0 Å². The molecule has 0 atom stereocenters. The predicted octanol–water partition coefficient (Wildman–Crippen LogP) is 12.6. The minimum atomic E-state index is -0.690. The average molecular weight is 804 g/mol. The Morgan fingerprint density at radius 1 is 0.302 bits per heavy atom. The van der Waals surface area contributed by atoms with Crippen molar-refractivity contribution < 1.29 is 4.42 Å². The minimum absolute atomic E-state index is 0.532. The number of benzene rings is 7. The molecule has 7 aromatic carbocycles. The molecule has 0 radical (unpaired) electrons. The van der Waals surface area contributed by atoms with E-state index >= 15 is 0 Å². The zero-order valence-electron chi connectivity index (χ0n) is 33.7. The normalized spacial score (nSPS) is 14.3. The number of pyridine rings is 2. The zero-order chi connectivity index (χ0) is 41.3. The van der Waals surface area contributed by atoms with E-state index in [1.807, 2.05) is 30.3 Å². The van der Waals surface area contributed by atoms with Crippen LogP contribution in [-0.2, 0) is 10.8 Å². The molecule has 4 heterocycles. The van der Waals surface area contributed by atoms with Gasteiger partial charge in [0.1, 0.15) is 11.2 Å². The lowest BCUT2D eigenvalue weighted by molar-refractivity contribution is 0.630. The predicted molar refractivity (Wildman–Crippen MR) is 247 cm³/mol.